The quantitative estimate of drug-likeness (QED) is 0.803. The summed E-state index contributed by atoms with van der Waals surface area (Å²) in [7, 11) is 3.51. The lowest BCUT2D eigenvalue weighted by Gasteiger charge is -2.14. The Balaban J connectivity index is 2.61. The molecule has 0 spiro atoms. The summed E-state index contributed by atoms with van der Waals surface area (Å²) in [5.41, 5.74) is 2.37. The number of aryl methyl sites for hydroxylation is 1. The van der Waals surface area contributed by atoms with E-state index in [0.717, 1.165) is 11.3 Å². The van der Waals surface area contributed by atoms with Gasteiger partial charge in [0.05, 0.1) is 13.0 Å². The lowest BCUT2D eigenvalue weighted by atomic mass is 10.0. The van der Waals surface area contributed by atoms with Gasteiger partial charge >= 0.3 is 0 Å². The summed E-state index contributed by atoms with van der Waals surface area (Å²) in [5, 5.41) is 0. The molecule has 0 aliphatic rings. The molecule has 0 unspecified atom stereocenters. The summed E-state index contributed by atoms with van der Waals surface area (Å²) >= 11 is 0. The van der Waals surface area contributed by atoms with Crippen molar-refractivity contribution in [2.75, 3.05) is 20.7 Å². The van der Waals surface area contributed by atoms with Crippen LogP contribution in [0.3, 0.4) is 0 Å². The van der Waals surface area contributed by atoms with Crippen LogP contribution < -0.4 is 4.74 Å². The molecule has 1 aromatic rings. The summed E-state index contributed by atoms with van der Waals surface area (Å²) in [6, 6.07) is 6.26. The van der Waals surface area contributed by atoms with E-state index in [9.17, 15) is 4.79 Å². The number of rotatable bonds is 5. The molecule has 0 saturated carbocycles. The highest BCUT2D eigenvalue weighted by molar-refractivity contribution is 5.75. The van der Waals surface area contributed by atoms with E-state index in [0.29, 0.717) is 18.9 Å². The van der Waals surface area contributed by atoms with Crippen molar-refractivity contribution < 1.29 is 9.53 Å². The van der Waals surface area contributed by atoms with E-state index in [1.807, 2.05) is 6.92 Å². The van der Waals surface area contributed by atoms with Crippen molar-refractivity contribution in [2.24, 2.45) is 0 Å². The van der Waals surface area contributed by atoms with Gasteiger partial charge in [0.25, 0.3) is 0 Å². The van der Waals surface area contributed by atoms with Gasteiger partial charge in [0, 0.05) is 14.1 Å². The topological polar surface area (TPSA) is 29.5 Å². The monoisotopic (exact) mass is 249 g/mol. The predicted octanol–water partition coefficient (Wildman–Crippen LogP) is 2.98. The van der Waals surface area contributed by atoms with E-state index < -0.39 is 0 Å². The first-order valence-electron chi connectivity index (χ1n) is 6.35. The molecule has 0 fully saturated rings. The Morgan fingerprint density at radius 2 is 2.00 bits per heavy atom. The fourth-order valence-corrected chi connectivity index (χ4v) is 1.60. The number of nitrogens with zero attached hydrogens (tertiary/aromatic N) is 1. The lowest BCUT2D eigenvalue weighted by molar-refractivity contribution is -0.129. The van der Waals surface area contributed by atoms with Crippen LogP contribution in [0.4, 0.5) is 0 Å². The largest absolute Gasteiger partial charge is 0.493 e. The summed E-state index contributed by atoms with van der Waals surface area (Å²) < 4.78 is 5.70. The summed E-state index contributed by atoms with van der Waals surface area (Å²) in [6.07, 6.45) is 0.415. The van der Waals surface area contributed by atoms with Gasteiger partial charge in [-0.1, -0.05) is 26.0 Å². The van der Waals surface area contributed by atoms with E-state index in [2.05, 4.69) is 32.0 Å². The third kappa shape index (κ3) is 4.06. The predicted molar refractivity (Wildman–Crippen MR) is 74.1 cm³/mol. The number of carbonyl (C=O) groups excluding carboxylic acids is 1. The second-order valence-electron chi connectivity index (χ2n) is 5.07. The van der Waals surface area contributed by atoms with Crippen molar-refractivity contribution in [1.82, 2.24) is 4.90 Å². The van der Waals surface area contributed by atoms with Crippen LogP contribution in [0.15, 0.2) is 18.2 Å². The van der Waals surface area contributed by atoms with Crippen molar-refractivity contribution >= 4 is 5.91 Å². The van der Waals surface area contributed by atoms with Crippen LogP contribution in [-0.4, -0.2) is 31.5 Å². The zero-order valence-electron chi connectivity index (χ0n) is 12.0. The average Bonchev–Trinajstić information content (AvgIpc) is 2.30. The van der Waals surface area contributed by atoms with Crippen LogP contribution in [-0.2, 0) is 4.79 Å². The molecular weight excluding hydrogens is 226 g/mol. The molecule has 100 valence electrons. The van der Waals surface area contributed by atoms with Gasteiger partial charge in [0.15, 0.2) is 0 Å². The van der Waals surface area contributed by atoms with Crippen LogP contribution in [0, 0.1) is 6.92 Å². The van der Waals surface area contributed by atoms with Gasteiger partial charge in [-0.3, -0.25) is 4.79 Å². The molecule has 1 aromatic carbocycles. The summed E-state index contributed by atoms with van der Waals surface area (Å²) in [5.74, 6) is 1.46. The van der Waals surface area contributed by atoms with E-state index in [1.165, 1.54) is 5.56 Å². The number of benzene rings is 1. The summed E-state index contributed by atoms with van der Waals surface area (Å²) in [6.45, 7) is 6.76. The molecule has 0 radical (unpaired) electrons. The van der Waals surface area contributed by atoms with E-state index in [4.69, 9.17) is 4.74 Å². The fraction of sp³-hybridized carbons (Fsp3) is 0.533. The molecule has 18 heavy (non-hydrogen) atoms. The Kier molecular flexibility index (Phi) is 5.20. The molecule has 0 aliphatic carbocycles. The minimum Gasteiger partial charge on any atom is -0.493 e. The maximum Gasteiger partial charge on any atom is 0.225 e. The molecule has 0 heterocycles. The zero-order chi connectivity index (χ0) is 13.7. The highest BCUT2D eigenvalue weighted by Crippen LogP contribution is 2.24. The highest BCUT2D eigenvalue weighted by atomic mass is 16.5. The van der Waals surface area contributed by atoms with Crippen molar-refractivity contribution in [3.63, 3.8) is 0 Å². The third-order valence-corrected chi connectivity index (χ3v) is 2.95. The molecule has 0 atom stereocenters. The van der Waals surface area contributed by atoms with Gasteiger partial charge in [-0.05, 0) is 30.0 Å². The fourth-order valence-electron chi connectivity index (χ4n) is 1.60. The van der Waals surface area contributed by atoms with Gasteiger partial charge in [-0.15, -0.1) is 0 Å². The van der Waals surface area contributed by atoms with Crippen molar-refractivity contribution in [2.45, 2.75) is 33.1 Å². The number of hydrogen-bond donors (Lipinski definition) is 0. The molecule has 0 aliphatic heterocycles. The number of ether oxygens (including phenoxy) is 1. The van der Waals surface area contributed by atoms with Crippen LogP contribution in [0.25, 0.3) is 0 Å². The minimum absolute atomic E-state index is 0.0904. The molecule has 0 N–H and O–H groups in total. The molecule has 1 rings (SSSR count). The Hall–Kier alpha value is -1.51. The molecule has 3 nitrogen and oxygen atoms in total. The molecule has 0 aromatic heterocycles. The number of carbonyl (C=O) groups is 1. The standard InChI is InChI=1S/C15H23NO2/c1-11(2)13-7-6-12(3)14(10-13)18-9-8-15(17)16(4)5/h6-7,10-11H,8-9H2,1-5H3. The smallest absolute Gasteiger partial charge is 0.225 e. The van der Waals surface area contributed by atoms with E-state index >= 15 is 0 Å². The molecule has 3 heteroatoms. The first kappa shape index (κ1) is 14.6. The maximum absolute atomic E-state index is 11.4. The van der Waals surface area contributed by atoms with Crippen molar-refractivity contribution in [3.05, 3.63) is 29.3 Å². The SMILES string of the molecule is Cc1ccc(C(C)C)cc1OCCC(=O)N(C)C. The molecule has 0 bridgehead atoms. The molecule has 1 amide bonds. The van der Waals surface area contributed by atoms with Gasteiger partial charge in [-0.2, -0.15) is 0 Å². The second kappa shape index (κ2) is 6.43. The Labute approximate surface area is 110 Å². The van der Waals surface area contributed by atoms with E-state index in [1.54, 1.807) is 19.0 Å². The van der Waals surface area contributed by atoms with Gasteiger partial charge in [0.1, 0.15) is 5.75 Å². The number of amides is 1. The Morgan fingerprint density at radius 1 is 1.33 bits per heavy atom. The first-order valence-corrected chi connectivity index (χ1v) is 6.35. The van der Waals surface area contributed by atoms with Gasteiger partial charge in [0.2, 0.25) is 5.91 Å². The van der Waals surface area contributed by atoms with Crippen LogP contribution in [0.1, 0.15) is 37.3 Å². The lowest BCUT2D eigenvalue weighted by Crippen LogP contribution is -2.23. The summed E-state index contributed by atoms with van der Waals surface area (Å²) in [4.78, 5) is 13.0. The first-order chi connectivity index (χ1) is 8.41. The minimum atomic E-state index is 0.0904. The van der Waals surface area contributed by atoms with Crippen LogP contribution in [0.5, 0.6) is 5.75 Å². The normalized spacial score (nSPS) is 10.6. The van der Waals surface area contributed by atoms with Gasteiger partial charge < -0.3 is 9.64 Å². The highest BCUT2D eigenvalue weighted by Gasteiger charge is 2.07. The second-order valence-corrected chi connectivity index (χ2v) is 5.07. The van der Waals surface area contributed by atoms with Crippen LogP contribution in [0.2, 0.25) is 0 Å². The molecule has 0 saturated heterocycles. The number of hydrogen-bond acceptors (Lipinski definition) is 2. The van der Waals surface area contributed by atoms with Crippen LogP contribution >= 0.6 is 0 Å². The van der Waals surface area contributed by atoms with E-state index in [-0.39, 0.29) is 5.91 Å². The molecular formula is C15H23NO2. The zero-order valence-corrected chi connectivity index (χ0v) is 12.0. The third-order valence-electron chi connectivity index (χ3n) is 2.95. The van der Waals surface area contributed by atoms with Crippen molar-refractivity contribution in [3.8, 4) is 5.75 Å². The Morgan fingerprint density at radius 3 is 2.56 bits per heavy atom. The van der Waals surface area contributed by atoms with Gasteiger partial charge in [-0.25, -0.2) is 0 Å². The van der Waals surface area contributed by atoms with Crippen molar-refractivity contribution in [1.29, 1.82) is 0 Å². The Bertz CT molecular complexity index is 411. The maximum atomic E-state index is 11.4. The average molecular weight is 249 g/mol.